The molecule has 9 heteroatoms. The third kappa shape index (κ3) is 4.69. The van der Waals surface area contributed by atoms with Gasteiger partial charge in [0.1, 0.15) is 23.3 Å². The van der Waals surface area contributed by atoms with Crippen LogP contribution in [0.3, 0.4) is 0 Å². The number of rotatable bonds is 6. The molecule has 0 N–H and O–H groups in total. The Bertz CT molecular complexity index is 861. The molecule has 2 aromatic rings. The van der Waals surface area contributed by atoms with Crippen LogP contribution in [0.5, 0.6) is 23.0 Å². The van der Waals surface area contributed by atoms with Crippen LogP contribution in [-0.4, -0.2) is 32.8 Å². The summed E-state index contributed by atoms with van der Waals surface area (Å²) in [5.74, 6) is -1.19. The quantitative estimate of drug-likeness (QED) is 0.547. The van der Waals surface area contributed by atoms with Gasteiger partial charge in [0.05, 0.1) is 14.2 Å². The maximum atomic E-state index is 12.3. The molecule has 0 aromatic heterocycles. The maximum absolute atomic E-state index is 12.3. The molecule has 0 aliphatic heterocycles. The molecule has 0 aliphatic rings. The number of benzene rings is 2. The van der Waals surface area contributed by atoms with Gasteiger partial charge in [-0.2, -0.15) is 0 Å². The first-order valence-corrected chi connectivity index (χ1v) is 7.49. The lowest BCUT2D eigenvalue weighted by Crippen LogP contribution is -2.17. The number of aldehydes is 1. The van der Waals surface area contributed by atoms with E-state index in [-0.39, 0.29) is 28.4 Å². The van der Waals surface area contributed by atoms with Crippen molar-refractivity contribution in [2.75, 3.05) is 14.2 Å². The fourth-order valence-electron chi connectivity index (χ4n) is 2.32. The van der Waals surface area contributed by atoms with Crippen molar-refractivity contribution in [1.29, 1.82) is 0 Å². The van der Waals surface area contributed by atoms with Gasteiger partial charge in [0.25, 0.3) is 0 Å². The first-order chi connectivity index (χ1) is 12.7. The molecule has 0 spiro atoms. The molecule has 27 heavy (non-hydrogen) atoms. The minimum Gasteiger partial charge on any atom is -0.493 e. The summed E-state index contributed by atoms with van der Waals surface area (Å²) in [6.07, 6.45) is -4.28. The van der Waals surface area contributed by atoms with Crippen molar-refractivity contribution in [3.63, 3.8) is 0 Å². The van der Waals surface area contributed by atoms with E-state index in [1.165, 1.54) is 32.4 Å². The third-order valence-corrected chi connectivity index (χ3v) is 3.57. The molecule has 0 amide bonds. The summed E-state index contributed by atoms with van der Waals surface area (Å²) in [5, 5.41) is 0. The molecule has 0 saturated carbocycles. The maximum Gasteiger partial charge on any atom is 0.573 e. The SMILES string of the molecule is COC(=O)c1c(Oc2ccc(OC(F)(F)F)cc2OC)ccc(C=O)c1C. The Morgan fingerprint density at radius 2 is 1.70 bits per heavy atom. The molecule has 2 aromatic carbocycles. The van der Waals surface area contributed by atoms with Crippen LogP contribution in [0.1, 0.15) is 26.3 Å². The third-order valence-electron chi connectivity index (χ3n) is 3.57. The second-order valence-corrected chi connectivity index (χ2v) is 5.22. The summed E-state index contributed by atoms with van der Waals surface area (Å²) in [7, 11) is 2.41. The van der Waals surface area contributed by atoms with Crippen molar-refractivity contribution in [2.45, 2.75) is 13.3 Å². The van der Waals surface area contributed by atoms with Crippen LogP contribution in [0, 0.1) is 6.92 Å². The molecular formula is C18H15F3O6. The van der Waals surface area contributed by atoms with Crippen LogP contribution in [0.2, 0.25) is 0 Å². The zero-order chi connectivity index (χ0) is 20.2. The first-order valence-electron chi connectivity index (χ1n) is 7.49. The molecule has 0 atom stereocenters. The predicted octanol–water partition coefficient (Wildman–Crippen LogP) is 4.29. The van der Waals surface area contributed by atoms with Gasteiger partial charge in [-0.3, -0.25) is 4.79 Å². The molecule has 0 unspecified atom stereocenters. The Kier molecular flexibility index (Phi) is 5.94. The lowest BCUT2D eigenvalue weighted by atomic mass is 10.0. The van der Waals surface area contributed by atoms with E-state index >= 15 is 0 Å². The van der Waals surface area contributed by atoms with E-state index in [9.17, 15) is 22.8 Å². The molecule has 0 fully saturated rings. The van der Waals surface area contributed by atoms with Crippen LogP contribution >= 0.6 is 0 Å². The highest BCUT2D eigenvalue weighted by atomic mass is 19.4. The van der Waals surface area contributed by atoms with E-state index in [1.807, 2.05) is 0 Å². The number of halogens is 3. The van der Waals surface area contributed by atoms with Crippen LogP contribution in [-0.2, 0) is 4.74 Å². The fraction of sp³-hybridized carbons (Fsp3) is 0.222. The van der Waals surface area contributed by atoms with Gasteiger partial charge in [-0.15, -0.1) is 13.2 Å². The molecule has 144 valence electrons. The molecular weight excluding hydrogens is 369 g/mol. The average Bonchev–Trinajstić information content (AvgIpc) is 2.61. The molecule has 0 saturated heterocycles. The summed E-state index contributed by atoms with van der Waals surface area (Å²) in [4.78, 5) is 23.2. The second kappa shape index (κ2) is 7.98. The highest BCUT2D eigenvalue weighted by Crippen LogP contribution is 2.38. The predicted molar refractivity (Wildman–Crippen MR) is 87.7 cm³/mol. The van der Waals surface area contributed by atoms with Crippen LogP contribution < -0.4 is 14.2 Å². The van der Waals surface area contributed by atoms with Crippen LogP contribution in [0.25, 0.3) is 0 Å². The smallest absolute Gasteiger partial charge is 0.493 e. The molecule has 0 aliphatic carbocycles. The largest absolute Gasteiger partial charge is 0.573 e. The standard InChI is InChI=1S/C18H15F3O6/c1-10-11(9-22)4-6-14(16(10)17(23)25-3)26-13-7-5-12(8-15(13)24-2)27-18(19,20)21/h4-9H,1-3H3. The summed E-state index contributed by atoms with van der Waals surface area (Å²) in [6.45, 7) is 1.54. The number of hydrogen-bond acceptors (Lipinski definition) is 6. The van der Waals surface area contributed by atoms with Gasteiger partial charge in [0.2, 0.25) is 0 Å². The topological polar surface area (TPSA) is 71.1 Å². The van der Waals surface area contributed by atoms with Crippen molar-refractivity contribution in [3.05, 3.63) is 47.0 Å². The Hall–Kier alpha value is -3.23. The molecule has 2 rings (SSSR count). The average molecular weight is 384 g/mol. The number of hydrogen-bond donors (Lipinski definition) is 0. The minimum atomic E-state index is -4.85. The van der Waals surface area contributed by atoms with E-state index in [1.54, 1.807) is 6.92 Å². The van der Waals surface area contributed by atoms with Gasteiger partial charge in [0.15, 0.2) is 11.5 Å². The van der Waals surface area contributed by atoms with Crippen molar-refractivity contribution >= 4 is 12.3 Å². The van der Waals surface area contributed by atoms with Crippen LogP contribution in [0.15, 0.2) is 30.3 Å². The number of ether oxygens (including phenoxy) is 4. The lowest BCUT2D eigenvalue weighted by molar-refractivity contribution is -0.274. The van der Waals surface area contributed by atoms with E-state index in [0.717, 1.165) is 12.1 Å². The van der Waals surface area contributed by atoms with Crippen molar-refractivity contribution in [3.8, 4) is 23.0 Å². The number of carbonyl (C=O) groups is 2. The van der Waals surface area contributed by atoms with Crippen molar-refractivity contribution in [1.82, 2.24) is 0 Å². The Balaban J connectivity index is 2.46. The molecule has 0 bridgehead atoms. The monoisotopic (exact) mass is 384 g/mol. The number of alkyl halides is 3. The zero-order valence-electron chi connectivity index (χ0n) is 14.5. The summed E-state index contributed by atoms with van der Waals surface area (Å²) in [6, 6.07) is 6.05. The molecule has 6 nitrogen and oxygen atoms in total. The fourth-order valence-corrected chi connectivity index (χ4v) is 2.32. The van der Waals surface area contributed by atoms with Gasteiger partial charge in [-0.25, -0.2) is 4.79 Å². The first kappa shape index (κ1) is 20.1. The summed E-state index contributed by atoms with van der Waals surface area (Å²) in [5.41, 5.74) is 0.619. The van der Waals surface area contributed by atoms with E-state index in [4.69, 9.17) is 14.2 Å². The van der Waals surface area contributed by atoms with Gasteiger partial charge in [-0.05, 0) is 36.8 Å². The summed E-state index contributed by atoms with van der Waals surface area (Å²) < 4.78 is 56.3. The van der Waals surface area contributed by atoms with Gasteiger partial charge < -0.3 is 18.9 Å². The Labute approximate surface area is 152 Å². The van der Waals surface area contributed by atoms with E-state index in [2.05, 4.69) is 4.74 Å². The van der Waals surface area contributed by atoms with Gasteiger partial charge in [-0.1, -0.05) is 0 Å². The lowest BCUT2D eigenvalue weighted by Gasteiger charge is -2.16. The zero-order valence-corrected chi connectivity index (χ0v) is 14.5. The normalized spacial score (nSPS) is 10.9. The Morgan fingerprint density at radius 1 is 1.04 bits per heavy atom. The second-order valence-electron chi connectivity index (χ2n) is 5.22. The Morgan fingerprint density at radius 3 is 2.26 bits per heavy atom. The van der Waals surface area contributed by atoms with Gasteiger partial charge in [0, 0.05) is 11.6 Å². The number of esters is 1. The van der Waals surface area contributed by atoms with Crippen molar-refractivity contribution in [2.24, 2.45) is 0 Å². The summed E-state index contributed by atoms with van der Waals surface area (Å²) >= 11 is 0. The van der Waals surface area contributed by atoms with Crippen molar-refractivity contribution < 1.29 is 41.7 Å². The number of carbonyl (C=O) groups excluding carboxylic acids is 2. The highest BCUT2D eigenvalue weighted by molar-refractivity contribution is 5.97. The molecule has 0 heterocycles. The highest BCUT2D eigenvalue weighted by Gasteiger charge is 2.31. The van der Waals surface area contributed by atoms with Crippen LogP contribution in [0.4, 0.5) is 13.2 Å². The molecule has 0 radical (unpaired) electrons. The van der Waals surface area contributed by atoms with E-state index < -0.39 is 18.1 Å². The van der Waals surface area contributed by atoms with E-state index in [0.29, 0.717) is 11.8 Å². The van der Waals surface area contributed by atoms with Gasteiger partial charge >= 0.3 is 12.3 Å². The number of methoxy groups -OCH3 is 2. The minimum absolute atomic E-state index is 0.0137.